The summed E-state index contributed by atoms with van der Waals surface area (Å²) in [4.78, 5) is 11.9. The van der Waals surface area contributed by atoms with E-state index >= 15 is 0 Å². The fourth-order valence-electron chi connectivity index (χ4n) is 2.39. The van der Waals surface area contributed by atoms with Gasteiger partial charge in [0, 0.05) is 18.2 Å². The summed E-state index contributed by atoms with van der Waals surface area (Å²) in [5.41, 5.74) is 1.18. The topological polar surface area (TPSA) is 62.5 Å². The molecular weight excluding hydrogens is 328 g/mol. The molecule has 2 N–H and O–H groups in total. The van der Waals surface area contributed by atoms with Crippen molar-refractivity contribution in [3.05, 3.63) is 83.6 Å². The molecule has 6 heteroatoms. The molecule has 2 aromatic carbocycles. The van der Waals surface area contributed by atoms with E-state index in [1.54, 1.807) is 36.6 Å². The highest BCUT2D eigenvalue weighted by molar-refractivity contribution is 5.94. The van der Waals surface area contributed by atoms with Crippen LogP contribution in [0.4, 0.5) is 8.78 Å². The summed E-state index contributed by atoms with van der Waals surface area (Å²) >= 11 is 0. The zero-order valence-corrected chi connectivity index (χ0v) is 13.1. The lowest BCUT2D eigenvalue weighted by molar-refractivity contribution is 0.0912. The third-order valence-corrected chi connectivity index (χ3v) is 3.73. The molecular formula is C19H15F2NO3. The lowest BCUT2D eigenvalue weighted by atomic mass is 10.1. The van der Waals surface area contributed by atoms with Crippen molar-refractivity contribution in [2.45, 2.75) is 6.10 Å². The van der Waals surface area contributed by atoms with Crippen LogP contribution in [0, 0.1) is 11.6 Å². The molecule has 1 amide bonds. The number of aliphatic hydroxyl groups is 1. The van der Waals surface area contributed by atoms with E-state index in [0.29, 0.717) is 17.4 Å². The van der Waals surface area contributed by atoms with Gasteiger partial charge in [-0.3, -0.25) is 4.79 Å². The first-order chi connectivity index (χ1) is 12.0. The summed E-state index contributed by atoms with van der Waals surface area (Å²) in [5, 5.41) is 12.6. The third kappa shape index (κ3) is 3.92. The molecule has 0 radical (unpaired) electrons. The molecule has 0 aliphatic rings. The van der Waals surface area contributed by atoms with Crippen molar-refractivity contribution in [2.75, 3.05) is 6.54 Å². The van der Waals surface area contributed by atoms with E-state index in [4.69, 9.17) is 4.42 Å². The van der Waals surface area contributed by atoms with Gasteiger partial charge in [0.2, 0.25) is 0 Å². The summed E-state index contributed by atoms with van der Waals surface area (Å²) < 4.78 is 31.7. The highest BCUT2D eigenvalue weighted by atomic mass is 19.1. The summed E-state index contributed by atoms with van der Waals surface area (Å²) in [6.07, 6.45) is 0.612. The van der Waals surface area contributed by atoms with Crippen LogP contribution in [0.25, 0.3) is 11.3 Å². The average molecular weight is 343 g/mol. The van der Waals surface area contributed by atoms with E-state index in [0.717, 1.165) is 17.7 Å². The molecule has 0 saturated heterocycles. The van der Waals surface area contributed by atoms with Crippen molar-refractivity contribution in [3.8, 4) is 11.3 Å². The van der Waals surface area contributed by atoms with Crippen molar-refractivity contribution in [3.63, 3.8) is 0 Å². The maximum Gasteiger partial charge on any atom is 0.254 e. The van der Waals surface area contributed by atoms with Crippen LogP contribution in [0.3, 0.4) is 0 Å². The predicted molar refractivity (Wildman–Crippen MR) is 87.8 cm³/mol. The van der Waals surface area contributed by atoms with Crippen LogP contribution >= 0.6 is 0 Å². The fraction of sp³-hybridized carbons (Fsp3) is 0.105. The van der Waals surface area contributed by atoms with Crippen LogP contribution in [-0.4, -0.2) is 17.6 Å². The van der Waals surface area contributed by atoms with Crippen molar-refractivity contribution in [2.24, 2.45) is 0 Å². The minimum atomic E-state index is -0.960. The number of amides is 1. The zero-order valence-electron chi connectivity index (χ0n) is 13.1. The number of hydrogen-bond acceptors (Lipinski definition) is 3. The van der Waals surface area contributed by atoms with Gasteiger partial charge in [-0.1, -0.05) is 24.3 Å². The molecule has 0 aliphatic carbocycles. The van der Waals surface area contributed by atoms with Crippen molar-refractivity contribution in [1.29, 1.82) is 0 Å². The molecule has 0 saturated carbocycles. The van der Waals surface area contributed by atoms with Gasteiger partial charge in [0.1, 0.15) is 17.4 Å². The summed E-state index contributed by atoms with van der Waals surface area (Å²) in [6.45, 7) is -0.101. The van der Waals surface area contributed by atoms with Gasteiger partial charge in [-0.05, 0) is 29.8 Å². The average Bonchev–Trinajstić information content (AvgIpc) is 3.14. The number of carbonyl (C=O) groups is 1. The van der Waals surface area contributed by atoms with Crippen LogP contribution in [0.5, 0.6) is 0 Å². The summed E-state index contributed by atoms with van der Waals surface area (Å²) in [6, 6.07) is 13.3. The Labute approximate surface area is 142 Å². The molecule has 1 atom stereocenters. The first-order valence-electron chi connectivity index (χ1n) is 7.60. The second-order valence-corrected chi connectivity index (χ2v) is 5.45. The van der Waals surface area contributed by atoms with Crippen LogP contribution < -0.4 is 5.32 Å². The molecule has 4 nitrogen and oxygen atoms in total. The number of halogens is 2. The van der Waals surface area contributed by atoms with Gasteiger partial charge in [-0.25, -0.2) is 8.78 Å². The quantitative estimate of drug-likeness (QED) is 0.743. The number of carbonyl (C=O) groups excluding carboxylic acids is 1. The highest BCUT2D eigenvalue weighted by Crippen LogP contribution is 2.22. The number of nitrogens with one attached hydrogen (secondary N) is 1. The third-order valence-electron chi connectivity index (χ3n) is 3.73. The van der Waals surface area contributed by atoms with Gasteiger partial charge in [0.15, 0.2) is 0 Å². The standard InChI is InChI=1S/C19H15F2NO3/c20-14-7-8-15(16(21)10-14)19(24)22-11-17(23)12-3-5-13(6-4-12)18-2-1-9-25-18/h1-10,17,23H,11H2,(H,22,24)/t17-/m0/s1. The minimum absolute atomic E-state index is 0.101. The van der Waals surface area contributed by atoms with Crippen molar-refractivity contribution in [1.82, 2.24) is 5.32 Å². The molecule has 0 bridgehead atoms. The van der Waals surface area contributed by atoms with Crippen LogP contribution in [-0.2, 0) is 0 Å². The molecule has 25 heavy (non-hydrogen) atoms. The molecule has 1 aromatic heterocycles. The number of hydrogen-bond donors (Lipinski definition) is 2. The van der Waals surface area contributed by atoms with Gasteiger partial charge < -0.3 is 14.8 Å². The van der Waals surface area contributed by atoms with E-state index in [-0.39, 0.29) is 12.1 Å². The Morgan fingerprint density at radius 1 is 1.12 bits per heavy atom. The number of aliphatic hydroxyl groups excluding tert-OH is 1. The normalized spacial score (nSPS) is 12.0. The molecule has 1 heterocycles. The van der Waals surface area contributed by atoms with Gasteiger partial charge in [0.25, 0.3) is 5.91 Å². The predicted octanol–water partition coefficient (Wildman–Crippen LogP) is 3.69. The smallest absolute Gasteiger partial charge is 0.254 e. The van der Waals surface area contributed by atoms with Crippen molar-refractivity contribution < 1.29 is 23.1 Å². The Hall–Kier alpha value is -2.99. The highest BCUT2D eigenvalue weighted by Gasteiger charge is 2.15. The number of benzene rings is 2. The SMILES string of the molecule is O=C(NC[C@H](O)c1ccc(-c2ccco2)cc1)c1ccc(F)cc1F. The first-order valence-corrected chi connectivity index (χ1v) is 7.60. The molecule has 0 fully saturated rings. The largest absolute Gasteiger partial charge is 0.464 e. The zero-order chi connectivity index (χ0) is 17.8. The van der Waals surface area contributed by atoms with Crippen LogP contribution in [0.2, 0.25) is 0 Å². The Kier molecular flexibility index (Phi) is 4.90. The number of rotatable bonds is 5. The van der Waals surface area contributed by atoms with Gasteiger partial charge in [0.05, 0.1) is 17.9 Å². The molecule has 3 aromatic rings. The molecule has 0 aliphatic heterocycles. The first kappa shape index (κ1) is 16.9. The van der Waals surface area contributed by atoms with Crippen molar-refractivity contribution >= 4 is 5.91 Å². The lowest BCUT2D eigenvalue weighted by Crippen LogP contribution is -2.29. The maximum absolute atomic E-state index is 13.6. The van der Waals surface area contributed by atoms with E-state index in [1.165, 1.54) is 0 Å². The van der Waals surface area contributed by atoms with Gasteiger partial charge in [-0.2, -0.15) is 0 Å². The lowest BCUT2D eigenvalue weighted by Gasteiger charge is -2.13. The molecule has 3 rings (SSSR count). The molecule has 0 unspecified atom stereocenters. The van der Waals surface area contributed by atoms with E-state index in [1.807, 2.05) is 6.07 Å². The van der Waals surface area contributed by atoms with Crippen LogP contribution in [0.15, 0.2) is 65.3 Å². The second kappa shape index (κ2) is 7.27. The van der Waals surface area contributed by atoms with Gasteiger partial charge in [-0.15, -0.1) is 0 Å². The summed E-state index contributed by atoms with van der Waals surface area (Å²) in [5.74, 6) is -1.72. The Bertz CT molecular complexity index is 861. The summed E-state index contributed by atoms with van der Waals surface area (Å²) in [7, 11) is 0. The Morgan fingerprint density at radius 3 is 2.52 bits per heavy atom. The molecule has 0 spiro atoms. The second-order valence-electron chi connectivity index (χ2n) is 5.45. The van der Waals surface area contributed by atoms with Crippen LogP contribution in [0.1, 0.15) is 22.0 Å². The fourth-order valence-corrected chi connectivity index (χ4v) is 2.39. The Balaban J connectivity index is 1.62. The monoisotopic (exact) mass is 343 g/mol. The Morgan fingerprint density at radius 2 is 1.88 bits per heavy atom. The van der Waals surface area contributed by atoms with E-state index in [9.17, 15) is 18.7 Å². The maximum atomic E-state index is 13.6. The van der Waals surface area contributed by atoms with E-state index in [2.05, 4.69) is 5.32 Å². The van der Waals surface area contributed by atoms with Gasteiger partial charge >= 0.3 is 0 Å². The minimum Gasteiger partial charge on any atom is -0.464 e. The van der Waals surface area contributed by atoms with E-state index < -0.39 is 23.6 Å². The number of furan rings is 1. The molecule has 128 valence electrons.